The Morgan fingerprint density at radius 3 is 2.78 bits per heavy atom. The number of nitrogens with zero attached hydrogens (tertiary/aromatic N) is 3. The summed E-state index contributed by atoms with van der Waals surface area (Å²) >= 11 is 0. The van der Waals surface area contributed by atoms with Gasteiger partial charge in [-0.3, -0.25) is 0 Å². The molecule has 8 nitrogen and oxygen atoms in total. The number of carbonyl (C=O) groups excluding carboxylic acids is 1. The number of piperidine rings is 1. The number of halogens is 2. The van der Waals surface area contributed by atoms with E-state index in [4.69, 9.17) is 10.5 Å². The van der Waals surface area contributed by atoms with Crippen LogP contribution in [0.2, 0.25) is 0 Å². The number of hydrogen-bond acceptors (Lipinski definition) is 7. The lowest BCUT2D eigenvalue weighted by molar-refractivity contribution is 0.0172. The highest BCUT2D eigenvalue weighted by Crippen LogP contribution is 2.22. The molecule has 0 bridgehead atoms. The van der Waals surface area contributed by atoms with Crippen molar-refractivity contribution in [2.24, 2.45) is 5.92 Å². The number of ether oxygens (including phenoxy) is 1. The van der Waals surface area contributed by atoms with Crippen LogP contribution >= 0.6 is 0 Å². The van der Waals surface area contributed by atoms with Gasteiger partial charge in [0.25, 0.3) is 0 Å². The minimum Gasteiger partial charge on any atom is -0.444 e. The molecule has 0 unspecified atom stereocenters. The SMILES string of the molecule is CC(C)(C)OC(=O)N1CCC[C@@H](CNc2nc(NCc3ccc(F)c(F)c3)ncc2N)C1. The van der Waals surface area contributed by atoms with Crippen LogP contribution in [-0.2, 0) is 11.3 Å². The molecule has 1 aliphatic heterocycles. The molecule has 1 aromatic carbocycles. The molecule has 2 aromatic rings. The molecule has 0 aliphatic carbocycles. The molecule has 1 atom stereocenters. The first-order valence-corrected chi connectivity index (χ1v) is 10.6. The van der Waals surface area contributed by atoms with Crippen molar-refractivity contribution in [1.82, 2.24) is 14.9 Å². The predicted octanol–water partition coefficient (Wildman–Crippen LogP) is 4.01. The zero-order chi connectivity index (χ0) is 23.3. The number of carbonyl (C=O) groups is 1. The first kappa shape index (κ1) is 23.5. The molecule has 1 aliphatic rings. The largest absolute Gasteiger partial charge is 0.444 e. The zero-order valence-corrected chi connectivity index (χ0v) is 18.6. The third-order valence-electron chi connectivity index (χ3n) is 4.98. The van der Waals surface area contributed by atoms with E-state index in [1.165, 1.54) is 12.3 Å². The Balaban J connectivity index is 1.55. The van der Waals surface area contributed by atoms with Crippen molar-refractivity contribution in [3.05, 3.63) is 41.6 Å². The third-order valence-corrected chi connectivity index (χ3v) is 4.98. The van der Waals surface area contributed by atoms with E-state index < -0.39 is 17.2 Å². The fraction of sp³-hybridized carbons (Fsp3) is 0.500. The van der Waals surface area contributed by atoms with Gasteiger partial charge in [-0.1, -0.05) is 6.07 Å². The van der Waals surface area contributed by atoms with E-state index in [1.807, 2.05) is 20.8 Å². The van der Waals surface area contributed by atoms with E-state index in [9.17, 15) is 13.6 Å². The summed E-state index contributed by atoms with van der Waals surface area (Å²) in [5.41, 5.74) is 6.43. The molecular weight excluding hydrogens is 418 g/mol. The standard InChI is InChI=1S/C22H30F2N6O2/c1-22(2,3)32-21(31)30-8-4-5-15(13-30)11-26-19-18(25)12-28-20(29-19)27-10-14-6-7-16(23)17(24)9-14/h6-7,9,12,15H,4-5,8,10-11,13,25H2,1-3H3,(H2,26,27,28,29)/t15-/m0/s1. The number of benzene rings is 1. The van der Waals surface area contributed by atoms with Crippen molar-refractivity contribution >= 4 is 23.5 Å². The lowest BCUT2D eigenvalue weighted by Crippen LogP contribution is -2.44. The van der Waals surface area contributed by atoms with Crippen molar-refractivity contribution in [3.63, 3.8) is 0 Å². The highest BCUT2D eigenvalue weighted by atomic mass is 19.2. The van der Waals surface area contributed by atoms with Crippen LogP contribution in [0.1, 0.15) is 39.2 Å². The average Bonchev–Trinajstić information content (AvgIpc) is 2.73. The maximum absolute atomic E-state index is 13.4. The number of amides is 1. The highest BCUT2D eigenvalue weighted by Gasteiger charge is 2.27. The van der Waals surface area contributed by atoms with Crippen LogP contribution < -0.4 is 16.4 Å². The van der Waals surface area contributed by atoms with E-state index in [2.05, 4.69) is 20.6 Å². The van der Waals surface area contributed by atoms with E-state index in [-0.39, 0.29) is 18.6 Å². The molecule has 10 heteroatoms. The lowest BCUT2D eigenvalue weighted by atomic mass is 9.98. The van der Waals surface area contributed by atoms with Crippen molar-refractivity contribution in [2.45, 2.75) is 45.8 Å². The average molecular weight is 449 g/mol. The van der Waals surface area contributed by atoms with Crippen LogP contribution in [0.4, 0.5) is 31.0 Å². The van der Waals surface area contributed by atoms with Crippen LogP contribution in [-0.4, -0.2) is 46.2 Å². The fourth-order valence-corrected chi connectivity index (χ4v) is 3.41. The number of nitrogen functional groups attached to an aromatic ring is 1. The predicted molar refractivity (Wildman–Crippen MR) is 119 cm³/mol. The molecule has 32 heavy (non-hydrogen) atoms. The maximum Gasteiger partial charge on any atom is 0.410 e. The number of nitrogens with two attached hydrogens (primary N) is 1. The minimum atomic E-state index is -0.905. The van der Waals surface area contributed by atoms with Crippen molar-refractivity contribution < 1.29 is 18.3 Å². The molecule has 0 radical (unpaired) electrons. The smallest absolute Gasteiger partial charge is 0.410 e. The van der Waals surface area contributed by atoms with Gasteiger partial charge >= 0.3 is 6.09 Å². The zero-order valence-electron chi connectivity index (χ0n) is 18.6. The molecule has 1 amide bonds. The minimum absolute atomic E-state index is 0.226. The van der Waals surface area contributed by atoms with Crippen LogP contribution in [0.5, 0.6) is 0 Å². The van der Waals surface area contributed by atoms with E-state index in [0.29, 0.717) is 42.7 Å². The molecule has 2 heterocycles. The molecule has 0 spiro atoms. The van der Waals surface area contributed by atoms with Gasteiger partial charge in [0, 0.05) is 26.2 Å². The fourth-order valence-electron chi connectivity index (χ4n) is 3.41. The van der Waals surface area contributed by atoms with Gasteiger partial charge in [-0.05, 0) is 57.2 Å². The molecule has 174 valence electrons. The van der Waals surface area contributed by atoms with Crippen LogP contribution in [0, 0.1) is 17.6 Å². The Morgan fingerprint density at radius 1 is 1.28 bits per heavy atom. The molecule has 1 aromatic heterocycles. The number of hydrogen-bond donors (Lipinski definition) is 3. The Bertz CT molecular complexity index is 951. The molecule has 3 rings (SSSR count). The second kappa shape index (κ2) is 9.97. The summed E-state index contributed by atoms with van der Waals surface area (Å²) in [5.74, 6) is -0.786. The first-order valence-electron chi connectivity index (χ1n) is 10.6. The van der Waals surface area contributed by atoms with Gasteiger partial charge in [0.2, 0.25) is 5.95 Å². The van der Waals surface area contributed by atoms with Gasteiger partial charge in [0.1, 0.15) is 5.60 Å². The van der Waals surface area contributed by atoms with E-state index in [0.717, 1.165) is 25.0 Å². The van der Waals surface area contributed by atoms with E-state index >= 15 is 0 Å². The summed E-state index contributed by atoms with van der Waals surface area (Å²) in [7, 11) is 0. The quantitative estimate of drug-likeness (QED) is 0.613. The Hall–Kier alpha value is -3.17. The molecule has 4 N–H and O–H groups in total. The topological polar surface area (TPSA) is 105 Å². The van der Waals surface area contributed by atoms with Gasteiger partial charge < -0.3 is 26.0 Å². The van der Waals surface area contributed by atoms with Crippen molar-refractivity contribution in [2.75, 3.05) is 36.0 Å². The normalized spacial score (nSPS) is 16.5. The molecule has 0 saturated carbocycles. The van der Waals surface area contributed by atoms with Gasteiger partial charge in [-0.2, -0.15) is 4.98 Å². The Kier molecular flexibility index (Phi) is 7.32. The highest BCUT2D eigenvalue weighted by molar-refractivity contribution is 5.68. The van der Waals surface area contributed by atoms with E-state index in [1.54, 1.807) is 4.90 Å². The Morgan fingerprint density at radius 2 is 2.06 bits per heavy atom. The van der Waals surface area contributed by atoms with Crippen molar-refractivity contribution in [3.8, 4) is 0 Å². The molecule has 1 fully saturated rings. The van der Waals surface area contributed by atoms with Gasteiger partial charge in [-0.15, -0.1) is 0 Å². The summed E-state index contributed by atoms with van der Waals surface area (Å²) in [6.07, 6.45) is 3.05. The van der Waals surface area contributed by atoms with Crippen LogP contribution in [0.3, 0.4) is 0 Å². The van der Waals surface area contributed by atoms with Crippen LogP contribution in [0.15, 0.2) is 24.4 Å². The monoisotopic (exact) mass is 448 g/mol. The molecular formula is C22H30F2N6O2. The lowest BCUT2D eigenvalue weighted by Gasteiger charge is -2.34. The second-order valence-electron chi connectivity index (χ2n) is 8.92. The van der Waals surface area contributed by atoms with Gasteiger partial charge in [0.15, 0.2) is 17.5 Å². The number of likely N-dealkylation sites (tertiary alicyclic amines) is 1. The van der Waals surface area contributed by atoms with Gasteiger partial charge in [-0.25, -0.2) is 18.6 Å². The van der Waals surface area contributed by atoms with Gasteiger partial charge in [0.05, 0.1) is 11.9 Å². The summed E-state index contributed by atoms with van der Waals surface area (Å²) < 4.78 is 31.9. The maximum atomic E-state index is 13.4. The molecule has 1 saturated heterocycles. The second-order valence-corrected chi connectivity index (χ2v) is 8.92. The van der Waals surface area contributed by atoms with Crippen LogP contribution in [0.25, 0.3) is 0 Å². The number of aromatic nitrogens is 2. The number of anilines is 3. The summed E-state index contributed by atoms with van der Waals surface area (Å²) in [6, 6.07) is 3.69. The Labute approximate surface area is 186 Å². The number of nitrogens with one attached hydrogen (secondary N) is 2. The third kappa shape index (κ3) is 6.66. The summed E-state index contributed by atoms with van der Waals surface area (Å²) in [5, 5.41) is 6.22. The van der Waals surface area contributed by atoms with Crippen molar-refractivity contribution in [1.29, 1.82) is 0 Å². The first-order chi connectivity index (χ1) is 15.1. The summed E-state index contributed by atoms with van der Waals surface area (Å²) in [4.78, 5) is 22.6. The summed E-state index contributed by atoms with van der Waals surface area (Å²) in [6.45, 7) is 7.64. The number of rotatable bonds is 6.